The van der Waals surface area contributed by atoms with Crippen molar-refractivity contribution in [3.05, 3.63) is 86.4 Å². The second-order valence-corrected chi connectivity index (χ2v) is 9.51. The summed E-state index contributed by atoms with van der Waals surface area (Å²) >= 11 is 18.1. The van der Waals surface area contributed by atoms with Crippen molar-refractivity contribution in [2.45, 2.75) is 11.8 Å². The number of aryl methyl sites for hydroxylation is 1. The van der Waals surface area contributed by atoms with E-state index in [0.29, 0.717) is 10.6 Å². The van der Waals surface area contributed by atoms with Gasteiger partial charge in [0.25, 0.3) is 5.91 Å². The normalized spacial score (nSPS) is 11.4. The van der Waals surface area contributed by atoms with Crippen molar-refractivity contribution in [1.29, 1.82) is 0 Å². The first-order chi connectivity index (χ1) is 15.6. The van der Waals surface area contributed by atoms with Gasteiger partial charge in [0.2, 0.25) is 5.75 Å². The zero-order valence-corrected chi connectivity index (χ0v) is 20.4. The van der Waals surface area contributed by atoms with Gasteiger partial charge in [0, 0.05) is 5.02 Å². The average molecular weight is 528 g/mol. The maximum absolute atomic E-state index is 12.6. The molecule has 0 fully saturated rings. The minimum atomic E-state index is -4.14. The van der Waals surface area contributed by atoms with Crippen LogP contribution in [0.15, 0.2) is 64.6 Å². The molecule has 33 heavy (non-hydrogen) atoms. The molecule has 11 heteroatoms. The number of hydrazone groups is 1. The predicted molar refractivity (Wildman–Crippen MR) is 129 cm³/mol. The highest BCUT2D eigenvalue weighted by molar-refractivity contribution is 7.87. The highest BCUT2D eigenvalue weighted by Gasteiger charge is 2.22. The number of benzene rings is 3. The molecule has 0 aliphatic rings. The zero-order valence-electron chi connectivity index (χ0n) is 17.3. The van der Waals surface area contributed by atoms with E-state index in [2.05, 4.69) is 10.5 Å². The monoisotopic (exact) mass is 526 g/mol. The molecular weight excluding hydrogens is 511 g/mol. The lowest BCUT2D eigenvalue weighted by molar-refractivity contribution is 0.0955. The van der Waals surface area contributed by atoms with Gasteiger partial charge in [-0.2, -0.15) is 13.5 Å². The number of nitrogens with one attached hydrogen (secondary N) is 1. The SMILES string of the molecule is COc1cc(/C=N\NC(=O)c2ccc(Cl)cc2Cl)cc(Cl)c1OS(=O)(=O)c1ccc(C)cc1. The first-order valence-electron chi connectivity index (χ1n) is 9.28. The minimum absolute atomic E-state index is 0.0274. The van der Waals surface area contributed by atoms with Gasteiger partial charge < -0.3 is 8.92 Å². The number of hydrogen-bond acceptors (Lipinski definition) is 6. The Balaban J connectivity index is 1.79. The van der Waals surface area contributed by atoms with Crippen molar-refractivity contribution in [2.75, 3.05) is 7.11 Å². The summed E-state index contributed by atoms with van der Waals surface area (Å²) < 4.78 is 35.7. The molecular formula is C22H17Cl3N2O5S. The van der Waals surface area contributed by atoms with Crippen molar-refractivity contribution >= 4 is 57.0 Å². The van der Waals surface area contributed by atoms with E-state index in [0.717, 1.165) is 5.56 Å². The summed E-state index contributed by atoms with van der Waals surface area (Å²) in [4.78, 5) is 12.2. The van der Waals surface area contributed by atoms with Gasteiger partial charge in [-0.05, 0) is 55.0 Å². The topological polar surface area (TPSA) is 94.1 Å². The largest absolute Gasteiger partial charge is 0.493 e. The molecule has 0 aromatic heterocycles. The number of halogens is 3. The van der Waals surface area contributed by atoms with Crippen LogP contribution < -0.4 is 14.3 Å². The summed E-state index contributed by atoms with van der Waals surface area (Å²) in [5.41, 5.74) is 3.85. The second-order valence-electron chi connectivity index (χ2n) is 6.71. The maximum atomic E-state index is 12.6. The van der Waals surface area contributed by atoms with Crippen molar-refractivity contribution in [3.63, 3.8) is 0 Å². The Bertz CT molecular complexity index is 1330. The fourth-order valence-corrected chi connectivity index (χ4v) is 4.41. The summed E-state index contributed by atoms with van der Waals surface area (Å²) in [6.07, 6.45) is 1.30. The van der Waals surface area contributed by atoms with Crippen LogP contribution in [-0.2, 0) is 10.1 Å². The summed E-state index contributed by atoms with van der Waals surface area (Å²) in [5, 5.41) is 4.41. The first kappa shape index (κ1) is 24.9. The third-order valence-electron chi connectivity index (χ3n) is 4.31. The molecule has 0 spiro atoms. The van der Waals surface area contributed by atoms with Gasteiger partial charge in [0.15, 0.2) is 5.75 Å². The van der Waals surface area contributed by atoms with Gasteiger partial charge in [-0.25, -0.2) is 5.43 Å². The Kier molecular flexibility index (Phi) is 7.86. The van der Waals surface area contributed by atoms with E-state index < -0.39 is 16.0 Å². The molecule has 0 heterocycles. The molecule has 7 nitrogen and oxygen atoms in total. The van der Waals surface area contributed by atoms with Gasteiger partial charge in [-0.1, -0.05) is 52.5 Å². The number of rotatable bonds is 7. The smallest absolute Gasteiger partial charge is 0.339 e. The molecule has 0 bridgehead atoms. The molecule has 0 unspecified atom stereocenters. The molecule has 3 rings (SSSR count). The number of ether oxygens (including phenoxy) is 1. The lowest BCUT2D eigenvalue weighted by atomic mass is 10.2. The van der Waals surface area contributed by atoms with E-state index >= 15 is 0 Å². The molecule has 0 saturated heterocycles. The van der Waals surface area contributed by atoms with E-state index in [1.54, 1.807) is 12.1 Å². The summed E-state index contributed by atoms with van der Waals surface area (Å²) in [5.74, 6) is -0.657. The maximum Gasteiger partial charge on any atom is 0.339 e. The van der Waals surface area contributed by atoms with Crippen molar-refractivity contribution in [2.24, 2.45) is 5.10 Å². The molecule has 0 aliphatic carbocycles. The highest BCUT2D eigenvalue weighted by Crippen LogP contribution is 2.38. The minimum Gasteiger partial charge on any atom is -0.493 e. The average Bonchev–Trinajstić information content (AvgIpc) is 2.75. The molecule has 0 saturated carbocycles. The van der Waals surface area contributed by atoms with Crippen molar-refractivity contribution < 1.29 is 22.1 Å². The summed E-state index contributed by atoms with van der Waals surface area (Å²) in [6.45, 7) is 1.84. The van der Waals surface area contributed by atoms with Gasteiger partial charge >= 0.3 is 10.1 Å². The Morgan fingerprint density at radius 1 is 1.00 bits per heavy atom. The lowest BCUT2D eigenvalue weighted by Gasteiger charge is -2.13. The number of hydrogen-bond donors (Lipinski definition) is 1. The van der Waals surface area contributed by atoms with E-state index in [1.165, 1.54) is 55.8 Å². The molecule has 1 N–H and O–H groups in total. The van der Waals surface area contributed by atoms with Crippen LogP contribution in [0, 0.1) is 6.92 Å². The van der Waals surface area contributed by atoms with E-state index in [9.17, 15) is 13.2 Å². The van der Waals surface area contributed by atoms with Crippen LogP contribution in [-0.4, -0.2) is 27.6 Å². The third kappa shape index (κ3) is 6.17. The van der Waals surface area contributed by atoms with Gasteiger partial charge in [-0.15, -0.1) is 0 Å². The Morgan fingerprint density at radius 2 is 1.70 bits per heavy atom. The molecule has 3 aromatic rings. The van der Waals surface area contributed by atoms with Crippen molar-refractivity contribution in [3.8, 4) is 11.5 Å². The van der Waals surface area contributed by atoms with Crippen LogP contribution in [0.2, 0.25) is 15.1 Å². The number of methoxy groups -OCH3 is 1. The number of carbonyl (C=O) groups excluding carboxylic acids is 1. The fourth-order valence-electron chi connectivity index (χ4n) is 2.66. The second kappa shape index (κ2) is 10.4. The molecule has 0 radical (unpaired) electrons. The molecule has 3 aromatic carbocycles. The zero-order chi connectivity index (χ0) is 24.2. The Hall–Kier alpha value is -2.78. The summed E-state index contributed by atoms with van der Waals surface area (Å²) in [6, 6.07) is 13.5. The number of amides is 1. The van der Waals surface area contributed by atoms with Crippen molar-refractivity contribution in [1.82, 2.24) is 5.43 Å². The van der Waals surface area contributed by atoms with E-state index in [1.807, 2.05) is 6.92 Å². The van der Waals surface area contributed by atoms with Crippen LogP contribution in [0.5, 0.6) is 11.5 Å². The molecule has 172 valence electrons. The molecule has 0 aliphatic heterocycles. The lowest BCUT2D eigenvalue weighted by Crippen LogP contribution is -2.18. The quantitative estimate of drug-likeness (QED) is 0.249. The highest BCUT2D eigenvalue weighted by atomic mass is 35.5. The van der Waals surface area contributed by atoms with Gasteiger partial charge in [0.1, 0.15) is 4.90 Å². The Morgan fingerprint density at radius 3 is 2.33 bits per heavy atom. The van der Waals surface area contributed by atoms with Crippen LogP contribution in [0.4, 0.5) is 0 Å². The van der Waals surface area contributed by atoms with Crippen LogP contribution >= 0.6 is 34.8 Å². The van der Waals surface area contributed by atoms with Crippen LogP contribution in [0.3, 0.4) is 0 Å². The van der Waals surface area contributed by atoms with E-state index in [-0.39, 0.29) is 32.0 Å². The molecule has 0 atom stereocenters. The van der Waals surface area contributed by atoms with Gasteiger partial charge in [0.05, 0.1) is 28.9 Å². The summed E-state index contributed by atoms with van der Waals surface area (Å²) in [7, 11) is -2.81. The Labute approximate surface area is 206 Å². The predicted octanol–water partition coefficient (Wildman–Crippen LogP) is 5.50. The van der Waals surface area contributed by atoms with Crippen LogP contribution in [0.25, 0.3) is 0 Å². The fraction of sp³-hybridized carbons (Fsp3) is 0.0909. The number of nitrogens with zero attached hydrogens (tertiary/aromatic N) is 1. The standard InChI is InChI=1S/C22H17Cl3N2O5S/c1-13-3-6-16(7-4-13)33(29,30)32-21-19(25)9-14(10-20(21)31-2)12-26-27-22(28)17-8-5-15(23)11-18(17)24/h3-12H,1-2H3,(H,27,28)/b26-12-. The first-order valence-corrected chi connectivity index (χ1v) is 11.8. The van der Waals surface area contributed by atoms with Crippen LogP contribution in [0.1, 0.15) is 21.5 Å². The number of carbonyl (C=O) groups is 1. The molecule has 1 amide bonds. The van der Waals surface area contributed by atoms with Gasteiger partial charge in [-0.3, -0.25) is 4.79 Å². The van der Waals surface area contributed by atoms with E-state index in [4.69, 9.17) is 43.7 Å². The third-order valence-corrected chi connectivity index (χ3v) is 6.37.